The van der Waals surface area contributed by atoms with Gasteiger partial charge in [0.05, 0.1) is 19.1 Å². The number of nitrogens with two attached hydrogens (primary N) is 1. The molecule has 1 unspecified atom stereocenters. The highest BCUT2D eigenvalue weighted by molar-refractivity contribution is 5.83. The second-order valence-electron chi connectivity index (χ2n) is 8.34. The minimum atomic E-state index is -1.30. The number of ether oxygens (including phenoxy) is 2. The number of benzene rings is 2. The fourth-order valence-corrected chi connectivity index (χ4v) is 3.85. The number of rotatable bonds is 8. The Hall–Kier alpha value is -4.17. The molecule has 0 amide bonds. The Balaban J connectivity index is 1.25. The maximum absolute atomic E-state index is 13.0. The van der Waals surface area contributed by atoms with Gasteiger partial charge in [-0.2, -0.15) is 15.1 Å². The monoisotopic (exact) mass is 509 g/mol. The molecule has 12 nitrogen and oxygen atoms in total. The molecule has 2 aromatic heterocycles. The molecule has 192 valence electrons. The molecule has 1 aliphatic heterocycles. The molecular weight excluding hydrogens is 485 g/mol. The van der Waals surface area contributed by atoms with Crippen molar-refractivity contribution in [2.24, 2.45) is 5.10 Å². The maximum atomic E-state index is 13.0. The van der Waals surface area contributed by atoms with Gasteiger partial charge in [-0.15, -0.1) is 0 Å². The fourth-order valence-electron chi connectivity index (χ4n) is 3.85. The molecule has 37 heavy (non-hydrogen) atoms. The Morgan fingerprint density at radius 3 is 2.57 bits per heavy atom. The Bertz CT molecular complexity index is 1400. The minimum absolute atomic E-state index is 0.0778. The zero-order valence-electron chi connectivity index (χ0n) is 19.3. The third-order valence-electron chi connectivity index (χ3n) is 5.82. The third kappa shape index (κ3) is 5.20. The van der Waals surface area contributed by atoms with Crippen molar-refractivity contribution in [2.45, 2.75) is 31.1 Å². The summed E-state index contributed by atoms with van der Waals surface area (Å²) in [6.07, 6.45) is -1.62. The highest BCUT2D eigenvalue weighted by Gasteiger charge is 2.44. The molecule has 4 aromatic rings. The van der Waals surface area contributed by atoms with Gasteiger partial charge in [-0.05, 0) is 47.5 Å². The van der Waals surface area contributed by atoms with E-state index in [1.807, 2.05) is 0 Å². The first-order chi connectivity index (χ1) is 17.9. The average Bonchev–Trinajstić information content (AvgIpc) is 3.45. The predicted molar refractivity (Wildman–Crippen MR) is 131 cm³/mol. The smallest absolute Gasteiger partial charge is 0.247 e. The van der Waals surface area contributed by atoms with Gasteiger partial charge >= 0.3 is 0 Å². The van der Waals surface area contributed by atoms with Crippen molar-refractivity contribution < 1.29 is 29.2 Å². The van der Waals surface area contributed by atoms with Crippen molar-refractivity contribution in [3.63, 3.8) is 0 Å². The summed E-state index contributed by atoms with van der Waals surface area (Å²) >= 11 is 0. The van der Waals surface area contributed by atoms with Crippen LogP contribution in [0.3, 0.4) is 0 Å². The number of imidazole rings is 1. The molecule has 0 saturated carbocycles. The van der Waals surface area contributed by atoms with E-state index in [0.717, 1.165) is 11.1 Å². The van der Waals surface area contributed by atoms with E-state index in [2.05, 4.69) is 25.5 Å². The zero-order chi connectivity index (χ0) is 25.9. The van der Waals surface area contributed by atoms with E-state index in [0.29, 0.717) is 12.4 Å². The van der Waals surface area contributed by atoms with Crippen molar-refractivity contribution in [1.82, 2.24) is 19.5 Å². The molecular formula is C24H24FN7O5. The van der Waals surface area contributed by atoms with Crippen molar-refractivity contribution >= 4 is 29.1 Å². The van der Waals surface area contributed by atoms with Crippen LogP contribution in [-0.2, 0) is 11.3 Å². The van der Waals surface area contributed by atoms with Crippen LogP contribution in [0.5, 0.6) is 5.75 Å². The first-order valence-electron chi connectivity index (χ1n) is 11.3. The van der Waals surface area contributed by atoms with Crippen LogP contribution >= 0.6 is 0 Å². The SMILES string of the molecule is Nc1nc(N/N=C/c2ccc(OCc3ccc(F)cc3)cc2)nc2c1ncn2[C@@H]1O[C@H](CO)[C@H](O)C1O. The van der Waals surface area contributed by atoms with Crippen LogP contribution in [-0.4, -0.2) is 66.0 Å². The Morgan fingerprint density at radius 1 is 1.11 bits per heavy atom. The number of nitrogens with one attached hydrogen (secondary N) is 1. The number of aliphatic hydroxyl groups excluding tert-OH is 3. The van der Waals surface area contributed by atoms with Gasteiger partial charge in [0.25, 0.3) is 0 Å². The summed E-state index contributed by atoms with van der Waals surface area (Å²) in [4.78, 5) is 12.7. The molecule has 0 spiro atoms. The van der Waals surface area contributed by atoms with Crippen LogP contribution in [0.2, 0.25) is 0 Å². The van der Waals surface area contributed by atoms with E-state index in [4.69, 9.17) is 15.2 Å². The lowest BCUT2D eigenvalue weighted by molar-refractivity contribution is -0.0511. The summed E-state index contributed by atoms with van der Waals surface area (Å²) in [6.45, 7) is -0.142. The summed E-state index contributed by atoms with van der Waals surface area (Å²) in [7, 11) is 0. The number of aliphatic hydroxyl groups is 3. The summed E-state index contributed by atoms with van der Waals surface area (Å²) in [5.74, 6) is 0.510. The Labute approximate surface area is 209 Å². The average molecular weight is 509 g/mol. The first-order valence-corrected chi connectivity index (χ1v) is 11.3. The number of nitrogens with zero attached hydrogens (tertiary/aromatic N) is 5. The first kappa shape index (κ1) is 24.5. The number of hydrogen-bond acceptors (Lipinski definition) is 11. The molecule has 5 rings (SSSR count). The number of anilines is 2. The number of nitrogen functional groups attached to an aromatic ring is 1. The summed E-state index contributed by atoms with van der Waals surface area (Å²) in [5.41, 5.74) is 10.9. The normalized spacial score (nSPS) is 21.6. The molecule has 1 fully saturated rings. The zero-order valence-corrected chi connectivity index (χ0v) is 19.3. The van der Waals surface area contributed by atoms with Crippen LogP contribution in [0.25, 0.3) is 11.2 Å². The summed E-state index contributed by atoms with van der Waals surface area (Å²) in [5, 5.41) is 33.9. The third-order valence-corrected chi connectivity index (χ3v) is 5.82. The summed E-state index contributed by atoms with van der Waals surface area (Å²) in [6, 6.07) is 13.3. The van der Waals surface area contributed by atoms with Gasteiger partial charge in [0.2, 0.25) is 5.95 Å². The number of aromatic nitrogens is 4. The lowest BCUT2D eigenvalue weighted by atomic mass is 10.1. The van der Waals surface area contributed by atoms with Crippen LogP contribution < -0.4 is 15.9 Å². The standard InChI is InChI=1S/C24H24FN7O5/c25-15-5-1-14(2-6-15)11-36-16-7-3-13(4-8-16)9-28-31-24-29-21(26)18-22(30-24)32(12-27-18)23-20(35)19(34)17(10-33)37-23/h1-9,12,17,19-20,23,33-35H,10-11H2,(H3,26,29,30,31)/b28-9+/t17-,19+,20?,23-/m1/s1. The van der Waals surface area contributed by atoms with E-state index < -0.39 is 31.1 Å². The molecule has 0 bridgehead atoms. The van der Waals surface area contributed by atoms with Crippen molar-refractivity contribution in [1.29, 1.82) is 0 Å². The van der Waals surface area contributed by atoms with Gasteiger partial charge in [-0.25, -0.2) is 14.8 Å². The molecule has 0 aliphatic carbocycles. The quantitative estimate of drug-likeness (QED) is 0.171. The van der Waals surface area contributed by atoms with Crippen molar-refractivity contribution in [3.05, 3.63) is 71.8 Å². The maximum Gasteiger partial charge on any atom is 0.247 e. The second-order valence-corrected chi connectivity index (χ2v) is 8.34. The highest BCUT2D eigenvalue weighted by atomic mass is 19.1. The lowest BCUT2D eigenvalue weighted by Gasteiger charge is -2.16. The Morgan fingerprint density at radius 2 is 1.86 bits per heavy atom. The molecule has 4 atom stereocenters. The number of fused-ring (bicyclic) bond motifs is 1. The molecule has 1 aliphatic rings. The van der Waals surface area contributed by atoms with E-state index in [1.54, 1.807) is 42.6 Å². The highest BCUT2D eigenvalue weighted by Crippen LogP contribution is 2.32. The summed E-state index contributed by atoms with van der Waals surface area (Å²) < 4.78 is 25.7. The number of hydrazone groups is 1. The van der Waals surface area contributed by atoms with E-state index in [-0.39, 0.29) is 28.7 Å². The van der Waals surface area contributed by atoms with Gasteiger partial charge in [0.1, 0.15) is 42.0 Å². The number of halogens is 1. The van der Waals surface area contributed by atoms with Crippen LogP contribution in [0.1, 0.15) is 17.4 Å². The van der Waals surface area contributed by atoms with Gasteiger partial charge in [0, 0.05) is 0 Å². The van der Waals surface area contributed by atoms with E-state index in [9.17, 15) is 19.7 Å². The largest absolute Gasteiger partial charge is 0.489 e. The van der Waals surface area contributed by atoms with Gasteiger partial charge in [-0.3, -0.25) is 4.57 Å². The van der Waals surface area contributed by atoms with Crippen molar-refractivity contribution in [2.75, 3.05) is 17.8 Å². The number of hydrogen-bond donors (Lipinski definition) is 5. The van der Waals surface area contributed by atoms with Crippen LogP contribution in [0.15, 0.2) is 60.0 Å². The Kier molecular flexibility index (Phi) is 6.92. The molecule has 3 heterocycles. The van der Waals surface area contributed by atoms with Gasteiger partial charge < -0.3 is 30.5 Å². The fraction of sp³-hybridized carbons (Fsp3) is 0.250. The van der Waals surface area contributed by atoms with E-state index >= 15 is 0 Å². The topological polar surface area (TPSA) is 173 Å². The van der Waals surface area contributed by atoms with Crippen molar-refractivity contribution in [3.8, 4) is 5.75 Å². The molecule has 1 saturated heterocycles. The van der Waals surface area contributed by atoms with Gasteiger partial charge in [0.15, 0.2) is 17.7 Å². The second kappa shape index (κ2) is 10.4. The molecule has 0 radical (unpaired) electrons. The molecule has 13 heteroatoms. The van der Waals surface area contributed by atoms with Crippen LogP contribution in [0, 0.1) is 5.82 Å². The van der Waals surface area contributed by atoms with Crippen LogP contribution in [0.4, 0.5) is 16.2 Å². The van der Waals surface area contributed by atoms with E-state index in [1.165, 1.54) is 23.0 Å². The lowest BCUT2D eigenvalue weighted by Crippen LogP contribution is -2.33. The predicted octanol–water partition coefficient (Wildman–Crippen LogP) is 1.18. The molecule has 2 aromatic carbocycles. The minimum Gasteiger partial charge on any atom is -0.489 e. The van der Waals surface area contributed by atoms with Gasteiger partial charge in [-0.1, -0.05) is 12.1 Å². The molecule has 6 N–H and O–H groups in total.